The average Bonchev–Trinajstić information content (AvgIpc) is 2.36. The predicted molar refractivity (Wildman–Crippen MR) is 53.0 cm³/mol. The molecule has 1 nitrogen and oxygen atoms in total. The van der Waals surface area contributed by atoms with E-state index in [1.807, 2.05) is 0 Å². The minimum absolute atomic E-state index is 0.316. The largest absolute Gasteiger partial charge is 0.415 e. The van der Waals surface area contributed by atoms with Crippen LogP contribution in [0.5, 0.6) is 0 Å². The summed E-state index contributed by atoms with van der Waals surface area (Å²) in [6.45, 7) is 0.316. The van der Waals surface area contributed by atoms with Gasteiger partial charge in [-0.25, -0.2) is 22.0 Å². The highest BCUT2D eigenvalue weighted by Crippen LogP contribution is 2.20. The fraction of sp³-hybridized carbons (Fsp3) is 0.400. The van der Waals surface area contributed by atoms with E-state index in [0.29, 0.717) is 19.1 Å². The minimum atomic E-state index is -2.54. The van der Waals surface area contributed by atoms with Crippen molar-refractivity contribution in [1.82, 2.24) is 0 Å². The normalized spacial score (nSPS) is 20.6. The molecule has 0 N–H and O–H groups in total. The Morgan fingerprint density at radius 2 is 1.29 bits per heavy atom. The van der Waals surface area contributed by atoms with Crippen LogP contribution in [0.1, 0.15) is 12.8 Å². The van der Waals surface area contributed by atoms with Crippen LogP contribution in [0.2, 0.25) is 6.04 Å². The molecule has 1 unspecified atom stereocenters. The molecule has 0 spiro atoms. The number of halogens is 5. The highest BCUT2D eigenvalue weighted by molar-refractivity contribution is 6.67. The van der Waals surface area contributed by atoms with E-state index >= 15 is 0 Å². The molecule has 94 valence electrons. The van der Waals surface area contributed by atoms with Gasteiger partial charge in [0.05, 0.1) is 0 Å². The highest BCUT2D eigenvalue weighted by atomic mass is 28.3. The second-order valence-corrected chi connectivity index (χ2v) is 6.30. The molecule has 1 heterocycles. The molecule has 0 radical (unpaired) electrons. The van der Waals surface area contributed by atoms with Gasteiger partial charge < -0.3 is 4.43 Å². The van der Waals surface area contributed by atoms with E-state index in [9.17, 15) is 22.0 Å². The summed E-state index contributed by atoms with van der Waals surface area (Å²) in [5.74, 6) is -9.37. The van der Waals surface area contributed by atoms with Crippen molar-refractivity contribution in [2.75, 3.05) is 6.61 Å². The second-order valence-electron chi connectivity index (χ2n) is 3.84. The van der Waals surface area contributed by atoms with Crippen molar-refractivity contribution in [3.05, 3.63) is 29.1 Å². The SMILES string of the molecule is Fc1c(F)c(F)c([SiH]2CCCCO2)c(F)c1F. The lowest BCUT2D eigenvalue weighted by molar-refractivity contribution is 0.291. The number of benzene rings is 1. The van der Waals surface area contributed by atoms with Gasteiger partial charge >= 0.3 is 0 Å². The van der Waals surface area contributed by atoms with Crippen LogP contribution in [0, 0.1) is 29.1 Å². The molecule has 0 aliphatic carbocycles. The summed E-state index contributed by atoms with van der Waals surface area (Å²) in [5.41, 5.74) is 0. The fourth-order valence-corrected chi connectivity index (χ4v) is 4.42. The molecule has 17 heavy (non-hydrogen) atoms. The van der Waals surface area contributed by atoms with E-state index < -0.39 is 43.3 Å². The van der Waals surface area contributed by atoms with Crippen molar-refractivity contribution in [1.29, 1.82) is 0 Å². The van der Waals surface area contributed by atoms with Crippen molar-refractivity contribution < 1.29 is 26.4 Å². The molecule has 2 rings (SSSR count). The highest BCUT2D eigenvalue weighted by Gasteiger charge is 2.32. The molecular weight excluding hydrogens is 259 g/mol. The van der Waals surface area contributed by atoms with Gasteiger partial charge in [0.15, 0.2) is 23.3 Å². The smallest absolute Gasteiger partial charge is 0.214 e. The first-order chi connectivity index (χ1) is 8.04. The second kappa shape index (κ2) is 4.73. The maximum absolute atomic E-state index is 13.4. The van der Waals surface area contributed by atoms with Gasteiger partial charge in [-0.2, -0.15) is 0 Å². The van der Waals surface area contributed by atoms with Crippen molar-refractivity contribution in [2.24, 2.45) is 0 Å². The molecule has 0 aromatic heterocycles. The van der Waals surface area contributed by atoms with Crippen molar-refractivity contribution in [3.8, 4) is 0 Å². The number of hydrogen-bond acceptors (Lipinski definition) is 1. The Labute approximate surface area is 95.9 Å². The lowest BCUT2D eigenvalue weighted by Gasteiger charge is -2.22. The summed E-state index contributed by atoms with van der Waals surface area (Å²) in [5, 5.41) is -0.721. The van der Waals surface area contributed by atoms with Gasteiger partial charge in [-0.15, -0.1) is 0 Å². The van der Waals surface area contributed by atoms with Crippen LogP contribution in [0.4, 0.5) is 22.0 Å². The van der Waals surface area contributed by atoms with Gasteiger partial charge in [-0.1, -0.05) is 6.42 Å². The zero-order valence-corrected chi connectivity index (χ0v) is 9.86. The minimum Gasteiger partial charge on any atom is -0.415 e. The molecule has 7 heteroatoms. The summed E-state index contributed by atoms with van der Waals surface area (Å²) < 4.78 is 70.8. The Morgan fingerprint density at radius 1 is 0.765 bits per heavy atom. The molecule has 1 fully saturated rings. The molecule has 1 saturated heterocycles. The fourth-order valence-electron chi connectivity index (χ4n) is 1.87. The van der Waals surface area contributed by atoms with E-state index in [2.05, 4.69) is 0 Å². The van der Waals surface area contributed by atoms with Crippen LogP contribution in [0.3, 0.4) is 0 Å². The van der Waals surface area contributed by atoms with Crippen molar-refractivity contribution in [2.45, 2.75) is 18.9 Å². The van der Waals surface area contributed by atoms with Gasteiger partial charge in [0.1, 0.15) is 0 Å². The van der Waals surface area contributed by atoms with Crippen LogP contribution in [0.25, 0.3) is 0 Å². The Bertz CT molecular complexity index is 416. The summed E-state index contributed by atoms with van der Waals surface area (Å²) in [6, 6.07) is 0.387. The third-order valence-corrected chi connectivity index (χ3v) is 5.47. The maximum Gasteiger partial charge on any atom is 0.214 e. The molecule has 1 aliphatic heterocycles. The Morgan fingerprint density at radius 3 is 1.76 bits per heavy atom. The van der Waals surface area contributed by atoms with E-state index in [-0.39, 0.29) is 0 Å². The maximum atomic E-state index is 13.4. The van der Waals surface area contributed by atoms with E-state index in [4.69, 9.17) is 4.43 Å². The zero-order chi connectivity index (χ0) is 12.6. The molecule has 0 bridgehead atoms. The molecular formula is C10H9F5OSi. The summed E-state index contributed by atoms with van der Waals surface area (Å²) in [6.07, 6.45) is 1.44. The number of hydrogen-bond donors (Lipinski definition) is 0. The van der Waals surface area contributed by atoms with Gasteiger partial charge in [-0.05, 0) is 12.5 Å². The lowest BCUT2D eigenvalue weighted by atomic mass is 10.3. The van der Waals surface area contributed by atoms with E-state index in [1.165, 1.54) is 0 Å². The van der Waals surface area contributed by atoms with Gasteiger partial charge in [-0.3, -0.25) is 0 Å². The van der Waals surface area contributed by atoms with Crippen LogP contribution in [-0.4, -0.2) is 15.6 Å². The Hall–Kier alpha value is -0.953. The first-order valence-corrected chi connectivity index (χ1v) is 7.03. The van der Waals surface area contributed by atoms with Gasteiger partial charge in [0, 0.05) is 11.8 Å². The molecule has 1 aromatic carbocycles. The van der Waals surface area contributed by atoms with Crippen LogP contribution < -0.4 is 5.19 Å². The molecule has 0 saturated carbocycles. The third kappa shape index (κ3) is 2.09. The Kier molecular flexibility index (Phi) is 3.48. The summed E-state index contributed by atoms with van der Waals surface area (Å²) in [4.78, 5) is 0. The first-order valence-electron chi connectivity index (χ1n) is 5.17. The molecule has 1 atom stereocenters. The van der Waals surface area contributed by atoms with Crippen molar-refractivity contribution >= 4 is 14.2 Å². The Balaban J connectivity index is 2.52. The summed E-state index contributed by atoms with van der Waals surface area (Å²) >= 11 is 0. The predicted octanol–water partition coefficient (Wildman–Crippen LogP) is 2.12. The van der Waals surface area contributed by atoms with Gasteiger partial charge in [0.25, 0.3) is 0 Å². The van der Waals surface area contributed by atoms with Crippen LogP contribution in [-0.2, 0) is 4.43 Å². The summed E-state index contributed by atoms with van der Waals surface area (Å²) in [7, 11) is -2.54. The van der Waals surface area contributed by atoms with E-state index in [0.717, 1.165) is 6.42 Å². The number of rotatable bonds is 1. The first kappa shape index (κ1) is 12.5. The van der Waals surface area contributed by atoms with Gasteiger partial charge in [0.2, 0.25) is 14.9 Å². The standard InChI is InChI=1S/C10H9F5OSi/c11-5-6(12)8(14)10(9(15)7(5)13)17-4-2-1-3-16-17/h17H,1-4H2. The van der Waals surface area contributed by atoms with Crippen LogP contribution in [0.15, 0.2) is 0 Å². The topological polar surface area (TPSA) is 9.23 Å². The lowest BCUT2D eigenvalue weighted by Crippen LogP contribution is -2.42. The molecule has 1 aliphatic rings. The van der Waals surface area contributed by atoms with Crippen LogP contribution >= 0.6 is 0 Å². The molecule has 1 aromatic rings. The quantitative estimate of drug-likeness (QED) is 0.328. The van der Waals surface area contributed by atoms with Crippen molar-refractivity contribution in [3.63, 3.8) is 0 Å². The average molecular weight is 268 g/mol. The third-order valence-electron chi connectivity index (χ3n) is 2.75. The van der Waals surface area contributed by atoms with E-state index in [1.54, 1.807) is 0 Å². The molecule has 0 amide bonds. The monoisotopic (exact) mass is 268 g/mol. The zero-order valence-electron chi connectivity index (χ0n) is 8.70.